The lowest BCUT2D eigenvalue weighted by Crippen LogP contribution is -2.11. The number of thiazole rings is 1. The van der Waals surface area contributed by atoms with Crippen LogP contribution >= 0.6 is 22.9 Å². The van der Waals surface area contributed by atoms with Crippen LogP contribution in [0, 0.1) is 0 Å². The molecular weight excluding hydrogens is 296 g/mol. The maximum atomic E-state index is 11.3. The van der Waals surface area contributed by atoms with E-state index in [1.54, 1.807) is 6.07 Å². The second kappa shape index (κ2) is 4.77. The minimum atomic E-state index is -0.729. The van der Waals surface area contributed by atoms with Crippen LogP contribution in [0.3, 0.4) is 0 Å². The molecular formula is C14H9ClN2O2S. The Labute approximate surface area is 123 Å². The Bertz CT molecular complexity index is 796. The maximum absolute atomic E-state index is 11.3. The first kappa shape index (κ1) is 12.9. The lowest BCUT2D eigenvalue weighted by Gasteiger charge is -2.05. The molecule has 100 valence electrons. The van der Waals surface area contributed by atoms with E-state index in [4.69, 9.17) is 17.3 Å². The van der Waals surface area contributed by atoms with Crippen LogP contribution in [0.2, 0.25) is 5.02 Å². The molecule has 4 nitrogen and oxygen atoms in total. The third-order valence-corrected chi connectivity index (χ3v) is 4.24. The van der Waals surface area contributed by atoms with Crippen LogP contribution < -0.4 is 5.73 Å². The number of phenols is 1. The number of halogens is 1. The van der Waals surface area contributed by atoms with Crippen molar-refractivity contribution in [1.82, 2.24) is 4.98 Å². The first-order valence-electron chi connectivity index (χ1n) is 5.74. The van der Waals surface area contributed by atoms with Gasteiger partial charge in [-0.1, -0.05) is 23.7 Å². The number of primary amides is 1. The summed E-state index contributed by atoms with van der Waals surface area (Å²) in [4.78, 5) is 15.8. The number of aromatic hydroxyl groups is 1. The smallest absolute Gasteiger partial charge is 0.252 e. The highest BCUT2D eigenvalue weighted by atomic mass is 35.5. The molecule has 20 heavy (non-hydrogen) atoms. The van der Waals surface area contributed by atoms with E-state index >= 15 is 0 Å². The van der Waals surface area contributed by atoms with Crippen LogP contribution in [-0.2, 0) is 0 Å². The van der Waals surface area contributed by atoms with Crippen molar-refractivity contribution in [1.29, 1.82) is 0 Å². The van der Waals surface area contributed by atoms with Crippen LogP contribution in [0.5, 0.6) is 5.75 Å². The van der Waals surface area contributed by atoms with Gasteiger partial charge in [-0.25, -0.2) is 4.98 Å². The molecule has 1 amide bonds. The van der Waals surface area contributed by atoms with Gasteiger partial charge in [0, 0.05) is 5.56 Å². The molecule has 0 spiro atoms. The molecule has 0 bridgehead atoms. The van der Waals surface area contributed by atoms with Crippen molar-refractivity contribution in [2.45, 2.75) is 0 Å². The number of hydrogen-bond donors (Lipinski definition) is 2. The molecule has 2 aromatic carbocycles. The molecule has 0 aliphatic rings. The Morgan fingerprint density at radius 3 is 2.75 bits per heavy atom. The Balaban J connectivity index is 2.21. The molecule has 0 saturated heterocycles. The third kappa shape index (κ3) is 2.11. The normalized spacial score (nSPS) is 10.8. The zero-order chi connectivity index (χ0) is 14.3. The molecule has 0 saturated carbocycles. The number of rotatable bonds is 2. The summed E-state index contributed by atoms with van der Waals surface area (Å²) >= 11 is 7.41. The summed E-state index contributed by atoms with van der Waals surface area (Å²) in [5, 5.41) is 10.5. The van der Waals surface area contributed by atoms with Crippen LogP contribution in [0.15, 0.2) is 36.4 Å². The average molecular weight is 305 g/mol. The lowest BCUT2D eigenvalue weighted by molar-refractivity contribution is 0.0998. The topological polar surface area (TPSA) is 76.2 Å². The first-order valence-corrected chi connectivity index (χ1v) is 6.94. The van der Waals surface area contributed by atoms with E-state index in [1.165, 1.54) is 17.4 Å². The average Bonchev–Trinajstić information content (AvgIpc) is 2.85. The van der Waals surface area contributed by atoms with Crippen molar-refractivity contribution in [3.05, 3.63) is 47.0 Å². The number of nitrogens with two attached hydrogens (primary N) is 1. The van der Waals surface area contributed by atoms with E-state index in [0.717, 1.165) is 15.2 Å². The quantitative estimate of drug-likeness (QED) is 0.761. The van der Waals surface area contributed by atoms with Crippen molar-refractivity contribution in [3.63, 3.8) is 0 Å². The van der Waals surface area contributed by atoms with Gasteiger partial charge in [-0.2, -0.15) is 0 Å². The predicted octanol–water partition coefficient (Wildman–Crippen LogP) is 3.42. The zero-order valence-corrected chi connectivity index (χ0v) is 11.7. The molecule has 0 radical (unpaired) electrons. The van der Waals surface area contributed by atoms with Gasteiger partial charge in [0.05, 0.1) is 20.8 Å². The van der Waals surface area contributed by atoms with Crippen molar-refractivity contribution in [2.75, 3.05) is 0 Å². The number of hydrogen-bond acceptors (Lipinski definition) is 4. The van der Waals surface area contributed by atoms with Crippen molar-refractivity contribution in [2.24, 2.45) is 5.73 Å². The standard InChI is InChI=1S/C14H9ClN2O2S/c15-9-6-7(5-8(12(9)18)13(16)19)14-17-10-3-1-2-4-11(10)20-14/h1-6,18H,(H2,16,19). The van der Waals surface area contributed by atoms with E-state index < -0.39 is 5.91 Å². The number of carbonyl (C=O) groups excluding carboxylic acids is 1. The molecule has 3 N–H and O–H groups in total. The van der Waals surface area contributed by atoms with Crippen molar-refractivity contribution >= 4 is 39.1 Å². The van der Waals surface area contributed by atoms with Gasteiger partial charge in [0.1, 0.15) is 10.8 Å². The molecule has 0 aliphatic heterocycles. The fourth-order valence-corrected chi connectivity index (χ4v) is 3.08. The highest BCUT2D eigenvalue weighted by Crippen LogP contribution is 2.36. The van der Waals surface area contributed by atoms with E-state index in [1.807, 2.05) is 24.3 Å². The molecule has 0 atom stereocenters. The van der Waals surface area contributed by atoms with E-state index in [-0.39, 0.29) is 16.3 Å². The molecule has 1 aromatic heterocycles. The monoisotopic (exact) mass is 304 g/mol. The molecule has 0 unspecified atom stereocenters. The largest absolute Gasteiger partial charge is 0.506 e. The van der Waals surface area contributed by atoms with E-state index in [9.17, 15) is 9.90 Å². The number of aromatic nitrogens is 1. The van der Waals surface area contributed by atoms with Gasteiger partial charge in [0.2, 0.25) is 0 Å². The number of benzene rings is 2. The number of carbonyl (C=O) groups is 1. The highest BCUT2D eigenvalue weighted by Gasteiger charge is 2.15. The summed E-state index contributed by atoms with van der Waals surface area (Å²) in [6, 6.07) is 10.8. The van der Waals surface area contributed by atoms with Gasteiger partial charge < -0.3 is 10.8 Å². The minimum absolute atomic E-state index is 0.00763. The van der Waals surface area contributed by atoms with Crippen molar-refractivity contribution in [3.8, 4) is 16.3 Å². The van der Waals surface area contributed by atoms with Gasteiger partial charge in [0.15, 0.2) is 0 Å². The van der Waals surface area contributed by atoms with E-state index in [0.29, 0.717) is 5.56 Å². The predicted molar refractivity (Wildman–Crippen MR) is 80.2 cm³/mol. The highest BCUT2D eigenvalue weighted by molar-refractivity contribution is 7.21. The number of para-hydroxylation sites is 1. The van der Waals surface area contributed by atoms with E-state index in [2.05, 4.69) is 4.98 Å². The summed E-state index contributed by atoms with van der Waals surface area (Å²) < 4.78 is 1.03. The van der Waals surface area contributed by atoms with Gasteiger partial charge >= 0.3 is 0 Å². The maximum Gasteiger partial charge on any atom is 0.252 e. The van der Waals surface area contributed by atoms with Gasteiger partial charge in [-0.05, 0) is 24.3 Å². The van der Waals surface area contributed by atoms with Gasteiger partial charge in [-0.15, -0.1) is 11.3 Å². The molecule has 6 heteroatoms. The van der Waals surface area contributed by atoms with Crippen LogP contribution in [0.4, 0.5) is 0 Å². The second-order valence-corrected chi connectivity index (χ2v) is 5.64. The summed E-state index contributed by atoms with van der Waals surface area (Å²) in [5.74, 6) is -1.03. The van der Waals surface area contributed by atoms with Gasteiger partial charge in [0.25, 0.3) is 5.91 Å². The first-order chi connectivity index (χ1) is 9.56. The molecule has 0 aliphatic carbocycles. The van der Waals surface area contributed by atoms with Gasteiger partial charge in [-0.3, -0.25) is 4.79 Å². The number of fused-ring (bicyclic) bond motifs is 1. The fourth-order valence-electron chi connectivity index (χ4n) is 1.91. The summed E-state index contributed by atoms with van der Waals surface area (Å²) in [6.07, 6.45) is 0. The third-order valence-electron chi connectivity index (χ3n) is 2.87. The molecule has 3 rings (SSSR count). The van der Waals surface area contributed by atoms with Crippen molar-refractivity contribution < 1.29 is 9.90 Å². The summed E-state index contributed by atoms with van der Waals surface area (Å²) in [5.41, 5.74) is 6.75. The number of amides is 1. The molecule has 1 heterocycles. The van der Waals surface area contributed by atoms with Crippen LogP contribution in [-0.4, -0.2) is 16.0 Å². The second-order valence-electron chi connectivity index (χ2n) is 4.21. The Hall–Kier alpha value is -2.11. The molecule has 0 fully saturated rings. The Morgan fingerprint density at radius 1 is 1.30 bits per heavy atom. The zero-order valence-electron chi connectivity index (χ0n) is 10.1. The number of nitrogens with zero attached hydrogens (tertiary/aromatic N) is 1. The molecule has 3 aromatic rings. The Morgan fingerprint density at radius 2 is 2.05 bits per heavy atom. The SMILES string of the molecule is NC(=O)c1cc(-c2nc3ccccc3s2)cc(Cl)c1O. The minimum Gasteiger partial charge on any atom is -0.506 e. The summed E-state index contributed by atoms with van der Waals surface area (Å²) in [6.45, 7) is 0. The fraction of sp³-hybridized carbons (Fsp3) is 0. The summed E-state index contributed by atoms with van der Waals surface area (Å²) in [7, 11) is 0. The Kier molecular flexibility index (Phi) is 3.08. The van der Waals surface area contributed by atoms with Crippen LogP contribution in [0.25, 0.3) is 20.8 Å². The van der Waals surface area contributed by atoms with Crippen LogP contribution in [0.1, 0.15) is 10.4 Å². The lowest BCUT2D eigenvalue weighted by atomic mass is 10.1.